The van der Waals surface area contributed by atoms with E-state index in [4.69, 9.17) is 11.6 Å². The van der Waals surface area contributed by atoms with Crippen molar-refractivity contribution in [2.75, 3.05) is 18.8 Å². The molecule has 6 heteroatoms. The molecule has 1 N–H and O–H groups in total. The number of halogens is 1. The molecule has 0 aliphatic carbocycles. The van der Waals surface area contributed by atoms with Crippen molar-refractivity contribution < 1.29 is 4.21 Å². The molecular weight excluding hydrogens is 282 g/mol. The van der Waals surface area contributed by atoms with Crippen LogP contribution in [0.4, 0.5) is 0 Å². The third-order valence-corrected chi connectivity index (χ3v) is 5.13. The van der Waals surface area contributed by atoms with Gasteiger partial charge in [0.25, 0.3) is 0 Å². The van der Waals surface area contributed by atoms with Crippen molar-refractivity contribution in [3.63, 3.8) is 0 Å². The number of nitrogens with zero attached hydrogens (tertiary/aromatic N) is 2. The molecule has 1 aliphatic heterocycles. The van der Waals surface area contributed by atoms with Crippen LogP contribution in [0.5, 0.6) is 0 Å². The van der Waals surface area contributed by atoms with Crippen LogP contribution in [0, 0.1) is 5.92 Å². The second kappa shape index (κ2) is 5.53. The number of hydrogen-bond donors (Lipinski definition) is 1. The summed E-state index contributed by atoms with van der Waals surface area (Å²) in [5.41, 5.74) is 1.47. The van der Waals surface area contributed by atoms with E-state index in [2.05, 4.69) is 15.3 Å². The number of nitrogens with one attached hydrogen (secondary N) is 1. The Labute approximate surface area is 119 Å². The van der Waals surface area contributed by atoms with Crippen molar-refractivity contribution >= 4 is 33.4 Å². The fraction of sp³-hybridized carbons (Fsp3) is 0.385. The molecule has 0 spiro atoms. The molecule has 0 saturated carbocycles. The van der Waals surface area contributed by atoms with Crippen molar-refractivity contribution in [3.05, 3.63) is 29.4 Å². The second-order valence-corrected chi connectivity index (χ2v) is 6.45. The zero-order valence-corrected chi connectivity index (χ0v) is 11.9. The van der Waals surface area contributed by atoms with Crippen LogP contribution in [0.1, 0.15) is 6.42 Å². The molecule has 1 saturated heterocycles. The Morgan fingerprint density at radius 3 is 2.74 bits per heavy atom. The maximum absolute atomic E-state index is 12.4. The maximum atomic E-state index is 12.4. The largest absolute Gasteiger partial charge is 0.316 e. The lowest BCUT2D eigenvalue weighted by molar-refractivity contribution is 0.631. The molecule has 19 heavy (non-hydrogen) atoms. The second-order valence-electron chi connectivity index (χ2n) is 4.68. The molecule has 1 fully saturated rings. The van der Waals surface area contributed by atoms with E-state index in [0.717, 1.165) is 30.5 Å². The number of para-hydroxylation sites is 2. The van der Waals surface area contributed by atoms with E-state index in [1.165, 1.54) is 0 Å². The topological polar surface area (TPSA) is 54.9 Å². The standard InChI is InChI=1S/C13H14ClN3OS/c14-12-13(19(18)8-9-5-6-15-7-9)17-11-4-2-1-3-10(11)16-12/h1-4,9,15H,5-8H2/t9-,19-/m0/s1. The molecule has 1 aliphatic rings. The lowest BCUT2D eigenvalue weighted by Crippen LogP contribution is -2.16. The van der Waals surface area contributed by atoms with Gasteiger partial charge in [0, 0.05) is 5.75 Å². The van der Waals surface area contributed by atoms with E-state index in [1.807, 2.05) is 24.3 Å². The SMILES string of the molecule is O=[S@@](C[C@H]1CCNC1)c1nc2ccccc2nc1Cl. The van der Waals surface area contributed by atoms with Gasteiger partial charge in [-0.3, -0.25) is 4.21 Å². The summed E-state index contributed by atoms with van der Waals surface area (Å²) >= 11 is 6.10. The highest BCUT2D eigenvalue weighted by atomic mass is 35.5. The van der Waals surface area contributed by atoms with Crippen molar-refractivity contribution in [1.82, 2.24) is 15.3 Å². The van der Waals surface area contributed by atoms with Gasteiger partial charge in [0.1, 0.15) is 0 Å². The van der Waals surface area contributed by atoms with Gasteiger partial charge in [0.2, 0.25) is 0 Å². The average molecular weight is 296 g/mol. The fourth-order valence-electron chi connectivity index (χ4n) is 2.26. The van der Waals surface area contributed by atoms with Crippen LogP contribution in [0.2, 0.25) is 5.15 Å². The van der Waals surface area contributed by atoms with Gasteiger partial charge in [-0.1, -0.05) is 23.7 Å². The third-order valence-electron chi connectivity index (χ3n) is 3.26. The predicted molar refractivity (Wildman–Crippen MR) is 76.8 cm³/mol. The Balaban J connectivity index is 1.90. The minimum Gasteiger partial charge on any atom is -0.316 e. The number of benzene rings is 1. The first kappa shape index (κ1) is 13.0. The molecular formula is C13H14ClN3OS. The molecule has 0 bridgehead atoms. The number of aromatic nitrogens is 2. The molecule has 2 heterocycles. The smallest absolute Gasteiger partial charge is 0.165 e. The fourth-order valence-corrected chi connectivity index (χ4v) is 3.95. The molecule has 0 unspecified atom stereocenters. The van der Waals surface area contributed by atoms with Crippen LogP contribution in [0.15, 0.2) is 29.3 Å². The van der Waals surface area contributed by atoms with Crippen LogP contribution >= 0.6 is 11.6 Å². The van der Waals surface area contributed by atoms with Gasteiger partial charge in [-0.05, 0) is 37.6 Å². The molecule has 0 amide bonds. The number of hydrogen-bond acceptors (Lipinski definition) is 4. The molecule has 3 rings (SSSR count). The Morgan fingerprint density at radius 1 is 1.32 bits per heavy atom. The Hall–Kier alpha value is -1.04. The van der Waals surface area contributed by atoms with Gasteiger partial charge in [-0.15, -0.1) is 0 Å². The van der Waals surface area contributed by atoms with Crippen molar-refractivity contribution in [2.45, 2.75) is 11.4 Å². The summed E-state index contributed by atoms with van der Waals surface area (Å²) in [5, 5.41) is 3.93. The van der Waals surface area contributed by atoms with Gasteiger partial charge in [0.15, 0.2) is 10.2 Å². The van der Waals surface area contributed by atoms with Crippen LogP contribution in [-0.2, 0) is 10.8 Å². The minimum atomic E-state index is -1.19. The van der Waals surface area contributed by atoms with E-state index in [0.29, 0.717) is 16.7 Å². The first-order chi connectivity index (χ1) is 9.24. The first-order valence-electron chi connectivity index (χ1n) is 6.25. The Kier molecular flexibility index (Phi) is 3.77. The summed E-state index contributed by atoms with van der Waals surface area (Å²) in [6.07, 6.45) is 1.06. The van der Waals surface area contributed by atoms with E-state index in [-0.39, 0.29) is 5.15 Å². The summed E-state index contributed by atoms with van der Waals surface area (Å²) in [6.45, 7) is 1.92. The summed E-state index contributed by atoms with van der Waals surface area (Å²) in [7, 11) is -1.19. The minimum absolute atomic E-state index is 0.253. The molecule has 1 aromatic carbocycles. The monoisotopic (exact) mass is 295 g/mol. The number of fused-ring (bicyclic) bond motifs is 1. The molecule has 2 aromatic rings. The third kappa shape index (κ3) is 2.78. The molecule has 4 nitrogen and oxygen atoms in total. The van der Waals surface area contributed by atoms with Crippen LogP contribution < -0.4 is 5.32 Å². The van der Waals surface area contributed by atoms with Crippen LogP contribution in [0.25, 0.3) is 11.0 Å². The van der Waals surface area contributed by atoms with Gasteiger partial charge in [-0.25, -0.2) is 9.97 Å². The van der Waals surface area contributed by atoms with E-state index >= 15 is 0 Å². The lowest BCUT2D eigenvalue weighted by atomic mass is 10.2. The van der Waals surface area contributed by atoms with Crippen LogP contribution in [0.3, 0.4) is 0 Å². The average Bonchev–Trinajstić information content (AvgIpc) is 2.90. The summed E-state index contributed by atoms with van der Waals surface area (Å²) in [4.78, 5) is 8.67. The predicted octanol–water partition coefficient (Wildman–Crippen LogP) is 2.00. The quantitative estimate of drug-likeness (QED) is 0.941. The van der Waals surface area contributed by atoms with Gasteiger partial charge >= 0.3 is 0 Å². The lowest BCUT2D eigenvalue weighted by Gasteiger charge is -2.09. The molecule has 1 aromatic heterocycles. The molecule has 100 valence electrons. The van der Waals surface area contributed by atoms with E-state index in [1.54, 1.807) is 0 Å². The van der Waals surface area contributed by atoms with Crippen LogP contribution in [-0.4, -0.2) is 33.0 Å². The zero-order valence-electron chi connectivity index (χ0n) is 10.3. The summed E-state index contributed by atoms with van der Waals surface area (Å²) < 4.78 is 12.4. The normalized spacial score (nSPS) is 20.8. The molecule has 2 atom stereocenters. The highest BCUT2D eigenvalue weighted by Crippen LogP contribution is 2.22. The summed E-state index contributed by atoms with van der Waals surface area (Å²) in [6, 6.07) is 7.48. The van der Waals surface area contributed by atoms with Gasteiger partial charge < -0.3 is 5.32 Å². The number of rotatable bonds is 3. The molecule has 0 radical (unpaired) electrons. The Morgan fingerprint density at radius 2 is 2.05 bits per heavy atom. The van der Waals surface area contributed by atoms with E-state index < -0.39 is 10.8 Å². The van der Waals surface area contributed by atoms with Gasteiger partial charge in [0.05, 0.1) is 21.8 Å². The van der Waals surface area contributed by atoms with Crippen molar-refractivity contribution in [3.8, 4) is 0 Å². The van der Waals surface area contributed by atoms with Crippen molar-refractivity contribution in [1.29, 1.82) is 0 Å². The summed E-state index contributed by atoms with van der Waals surface area (Å²) in [5.74, 6) is 1.03. The zero-order chi connectivity index (χ0) is 13.2. The highest BCUT2D eigenvalue weighted by Gasteiger charge is 2.21. The van der Waals surface area contributed by atoms with Gasteiger partial charge in [-0.2, -0.15) is 0 Å². The first-order valence-corrected chi connectivity index (χ1v) is 7.95. The Bertz CT molecular complexity index is 628. The maximum Gasteiger partial charge on any atom is 0.165 e. The van der Waals surface area contributed by atoms with Crippen molar-refractivity contribution in [2.24, 2.45) is 5.92 Å². The highest BCUT2D eigenvalue weighted by molar-refractivity contribution is 7.85. The van der Waals surface area contributed by atoms with E-state index in [9.17, 15) is 4.21 Å².